The van der Waals surface area contributed by atoms with Gasteiger partial charge in [0.05, 0.1) is 6.04 Å². The van der Waals surface area contributed by atoms with Crippen molar-refractivity contribution in [3.63, 3.8) is 0 Å². The predicted molar refractivity (Wildman–Crippen MR) is 80.2 cm³/mol. The number of hydrogen-bond acceptors (Lipinski definition) is 2. The average molecular weight is 272 g/mol. The number of pyridine rings is 1. The molecule has 1 N–H and O–H groups in total. The molecule has 0 spiro atoms. The van der Waals surface area contributed by atoms with Crippen LogP contribution in [0.2, 0.25) is 0 Å². The lowest BCUT2D eigenvalue weighted by molar-refractivity contribution is 0.588. The minimum Gasteiger partial charge on any atom is -0.306 e. The van der Waals surface area contributed by atoms with Gasteiger partial charge in [-0.2, -0.15) is 0 Å². The Kier molecular flexibility index (Phi) is 4.85. The molecule has 0 aliphatic carbocycles. The first-order valence-corrected chi connectivity index (χ1v) is 7.03. The maximum absolute atomic E-state index is 13.5. The maximum atomic E-state index is 13.5. The monoisotopic (exact) mass is 272 g/mol. The third kappa shape index (κ3) is 3.23. The molecule has 1 atom stereocenters. The van der Waals surface area contributed by atoms with Gasteiger partial charge in [-0.1, -0.05) is 19.1 Å². The molecular formula is C17H21FN2. The zero-order valence-corrected chi connectivity index (χ0v) is 12.3. The van der Waals surface area contributed by atoms with E-state index < -0.39 is 0 Å². The molecule has 0 fully saturated rings. The molecule has 0 bridgehead atoms. The summed E-state index contributed by atoms with van der Waals surface area (Å²) in [5.74, 6) is -0.158. The van der Waals surface area contributed by atoms with Crippen molar-refractivity contribution in [2.75, 3.05) is 6.54 Å². The zero-order chi connectivity index (χ0) is 14.5. The Morgan fingerprint density at radius 3 is 2.65 bits per heavy atom. The van der Waals surface area contributed by atoms with E-state index in [0.29, 0.717) is 5.56 Å². The number of hydrogen-bond donors (Lipinski definition) is 1. The van der Waals surface area contributed by atoms with Crippen LogP contribution in [0, 0.1) is 19.7 Å². The summed E-state index contributed by atoms with van der Waals surface area (Å²) in [6.45, 7) is 6.91. The summed E-state index contributed by atoms with van der Waals surface area (Å²) in [5.41, 5.74) is 4.10. The second-order valence-corrected chi connectivity index (χ2v) is 5.13. The first-order valence-electron chi connectivity index (χ1n) is 7.03. The minimum atomic E-state index is -0.158. The van der Waals surface area contributed by atoms with E-state index in [1.54, 1.807) is 19.2 Å². The molecule has 0 aliphatic rings. The standard InChI is InChI=1S/C17H21FN2/c1-4-8-20-17(15-7-9-19-11-13(15)3)14-5-6-16(18)12(2)10-14/h5-7,9-11,17,20H,4,8H2,1-3H3. The second-order valence-electron chi connectivity index (χ2n) is 5.13. The molecule has 2 rings (SSSR count). The van der Waals surface area contributed by atoms with Crippen molar-refractivity contribution in [1.29, 1.82) is 0 Å². The van der Waals surface area contributed by atoms with Crippen LogP contribution in [0.15, 0.2) is 36.7 Å². The van der Waals surface area contributed by atoms with Gasteiger partial charge < -0.3 is 5.32 Å². The number of halogens is 1. The summed E-state index contributed by atoms with van der Waals surface area (Å²) in [6, 6.07) is 7.43. The summed E-state index contributed by atoms with van der Waals surface area (Å²) in [4.78, 5) is 4.15. The van der Waals surface area contributed by atoms with Gasteiger partial charge >= 0.3 is 0 Å². The molecule has 3 heteroatoms. The molecule has 2 nitrogen and oxygen atoms in total. The molecular weight excluding hydrogens is 251 g/mol. The minimum absolute atomic E-state index is 0.0808. The third-order valence-electron chi connectivity index (χ3n) is 3.49. The zero-order valence-electron chi connectivity index (χ0n) is 12.3. The van der Waals surface area contributed by atoms with Crippen LogP contribution < -0.4 is 5.32 Å². The van der Waals surface area contributed by atoms with E-state index in [9.17, 15) is 4.39 Å². The van der Waals surface area contributed by atoms with E-state index in [1.807, 2.05) is 24.4 Å². The maximum Gasteiger partial charge on any atom is 0.126 e. The van der Waals surface area contributed by atoms with Gasteiger partial charge in [0.1, 0.15) is 5.82 Å². The summed E-state index contributed by atoms with van der Waals surface area (Å²) in [6.07, 6.45) is 4.73. The van der Waals surface area contributed by atoms with Crippen LogP contribution in [0.3, 0.4) is 0 Å². The molecule has 0 saturated carbocycles. The number of aromatic nitrogens is 1. The van der Waals surface area contributed by atoms with Gasteiger partial charge in [0, 0.05) is 12.4 Å². The molecule has 2 aromatic rings. The number of nitrogens with zero attached hydrogens (tertiary/aromatic N) is 1. The molecule has 0 radical (unpaired) electrons. The van der Waals surface area contributed by atoms with Crippen molar-refractivity contribution in [3.05, 3.63) is 64.7 Å². The normalized spacial score (nSPS) is 12.4. The SMILES string of the molecule is CCCNC(c1ccc(F)c(C)c1)c1ccncc1C. The van der Waals surface area contributed by atoms with Crippen molar-refractivity contribution in [3.8, 4) is 0 Å². The second kappa shape index (κ2) is 6.62. The van der Waals surface area contributed by atoms with Crippen molar-refractivity contribution >= 4 is 0 Å². The Hall–Kier alpha value is -1.74. The smallest absolute Gasteiger partial charge is 0.126 e. The molecule has 20 heavy (non-hydrogen) atoms. The van der Waals surface area contributed by atoms with Crippen molar-refractivity contribution in [2.45, 2.75) is 33.2 Å². The van der Waals surface area contributed by atoms with Crippen LogP contribution >= 0.6 is 0 Å². The summed E-state index contributed by atoms with van der Waals surface area (Å²) in [7, 11) is 0. The summed E-state index contributed by atoms with van der Waals surface area (Å²) in [5, 5.41) is 3.54. The van der Waals surface area contributed by atoms with Gasteiger partial charge in [0.2, 0.25) is 0 Å². The van der Waals surface area contributed by atoms with Crippen LogP contribution in [0.25, 0.3) is 0 Å². The van der Waals surface area contributed by atoms with Gasteiger partial charge in [-0.25, -0.2) is 4.39 Å². The van der Waals surface area contributed by atoms with Crippen molar-refractivity contribution < 1.29 is 4.39 Å². The van der Waals surface area contributed by atoms with E-state index in [0.717, 1.165) is 24.1 Å². The molecule has 1 aromatic carbocycles. The Morgan fingerprint density at radius 1 is 1.20 bits per heavy atom. The Labute approximate surface area is 120 Å². The number of rotatable bonds is 5. The topological polar surface area (TPSA) is 24.9 Å². The quantitative estimate of drug-likeness (QED) is 0.892. The van der Waals surface area contributed by atoms with Crippen LogP contribution in [-0.2, 0) is 0 Å². The Bertz CT molecular complexity index is 581. The van der Waals surface area contributed by atoms with Gasteiger partial charge in [-0.15, -0.1) is 0 Å². The van der Waals surface area contributed by atoms with Crippen LogP contribution in [0.4, 0.5) is 4.39 Å². The van der Waals surface area contributed by atoms with E-state index in [1.165, 1.54) is 5.56 Å². The molecule has 0 aliphatic heterocycles. The molecule has 1 unspecified atom stereocenters. The van der Waals surface area contributed by atoms with E-state index in [2.05, 4.69) is 24.1 Å². The van der Waals surface area contributed by atoms with Gasteiger partial charge in [0.25, 0.3) is 0 Å². The highest BCUT2D eigenvalue weighted by Gasteiger charge is 2.16. The molecule has 1 heterocycles. The highest BCUT2D eigenvalue weighted by molar-refractivity contribution is 5.37. The summed E-state index contributed by atoms with van der Waals surface area (Å²) >= 11 is 0. The lowest BCUT2D eigenvalue weighted by atomic mass is 9.95. The molecule has 0 saturated heterocycles. The number of benzene rings is 1. The van der Waals surface area contributed by atoms with Crippen LogP contribution in [-0.4, -0.2) is 11.5 Å². The first-order chi connectivity index (χ1) is 9.63. The lowest BCUT2D eigenvalue weighted by Gasteiger charge is -2.21. The lowest BCUT2D eigenvalue weighted by Crippen LogP contribution is -2.24. The molecule has 0 amide bonds. The molecule has 1 aromatic heterocycles. The Balaban J connectivity index is 2.41. The van der Waals surface area contributed by atoms with Gasteiger partial charge in [-0.3, -0.25) is 4.98 Å². The third-order valence-corrected chi connectivity index (χ3v) is 3.49. The van der Waals surface area contributed by atoms with Crippen LogP contribution in [0.5, 0.6) is 0 Å². The fraction of sp³-hybridized carbons (Fsp3) is 0.353. The number of nitrogens with one attached hydrogen (secondary N) is 1. The van der Waals surface area contributed by atoms with Crippen molar-refractivity contribution in [2.24, 2.45) is 0 Å². The first kappa shape index (κ1) is 14.7. The fourth-order valence-electron chi connectivity index (χ4n) is 2.35. The van der Waals surface area contributed by atoms with E-state index >= 15 is 0 Å². The highest BCUT2D eigenvalue weighted by atomic mass is 19.1. The average Bonchev–Trinajstić information content (AvgIpc) is 2.44. The van der Waals surface area contributed by atoms with Crippen LogP contribution in [0.1, 0.15) is 41.6 Å². The van der Waals surface area contributed by atoms with Crippen molar-refractivity contribution in [1.82, 2.24) is 10.3 Å². The predicted octanol–water partition coefficient (Wildman–Crippen LogP) is 3.93. The largest absolute Gasteiger partial charge is 0.306 e. The van der Waals surface area contributed by atoms with E-state index in [-0.39, 0.29) is 11.9 Å². The fourth-order valence-corrected chi connectivity index (χ4v) is 2.35. The molecule has 106 valence electrons. The number of aryl methyl sites for hydroxylation is 2. The van der Waals surface area contributed by atoms with E-state index in [4.69, 9.17) is 0 Å². The van der Waals surface area contributed by atoms with Gasteiger partial charge in [0.15, 0.2) is 0 Å². The Morgan fingerprint density at radius 2 is 2.00 bits per heavy atom. The van der Waals surface area contributed by atoms with Gasteiger partial charge in [-0.05, 0) is 61.2 Å². The summed E-state index contributed by atoms with van der Waals surface area (Å²) < 4.78 is 13.5. The highest BCUT2D eigenvalue weighted by Crippen LogP contribution is 2.25.